The van der Waals surface area contributed by atoms with Crippen LogP contribution in [0.1, 0.15) is 40.5 Å². The molecule has 0 heterocycles. The second-order valence-electron chi connectivity index (χ2n) is 3.47. The van der Waals surface area contributed by atoms with Crippen molar-refractivity contribution in [3.63, 3.8) is 0 Å². The van der Waals surface area contributed by atoms with Gasteiger partial charge in [0.05, 0.1) is 6.04 Å². The summed E-state index contributed by atoms with van der Waals surface area (Å²) in [7, 11) is 0. The molecule has 0 saturated heterocycles. The van der Waals surface area contributed by atoms with Gasteiger partial charge in [0.2, 0.25) is 0 Å². The predicted molar refractivity (Wildman–Crippen MR) is 55.0 cm³/mol. The molecule has 0 bridgehead atoms. The second-order valence-corrected chi connectivity index (χ2v) is 3.47. The zero-order chi connectivity index (χ0) is 9.56. The van der Waals surface area contributed by atoms with Gasteiger partial charge in [-0.15, -0.1) is 6.42 Å². The minimum absolute atomic E-state index is 0.244. The summed E-state index contributed by atoms with van der Waals surface area (Å²) in [5.74, 6) is 3.45. The van der Waals surface area contributed by atoms with Crippen molar-refractivity contribution >= 4 is 0 Å². The Balaban J connectivity index is 3.82. The molecule has 1 heteroatoms. The Bertz CT molecular complexity index is 146. The Morgan fingerprint density at radius 2 is 1.83 bits per heavy atom. The van der Waals surface area contributed by atoms with Crippen LogP contribution in [0.5, 0.6) is 0 Å². The Kier molecular flexibility index (Phi) is 5.84. The van der Waals surface area contributed by atoms with Gasteiger partial charge in [-0.3, -0.25) is 0 Å². The monoisotopic (exact) mass is 167 g/mol. The first-order valence-electron chi connectivity index (χ1n) is 4.87. The van der Waals surface area contributed by atoms with Crippen molar-refractivity contribution in [2.75, 3.05) is 0 Å². The van der Waals surface area contributed by atoms with Crippen molar-refractivity contribution in [1.29, 1.82) is 0 Å². The van der Waals surface area contributed by atoms with E-state index in [0.29, 0.717) is 12.0 Å². The minimum Gasteiger partial charge on any atom is -0.301 e. The Morgan fingerprint density at radius 3 is 2.17 bits per heavy atom. The Hall–Kier alpha value is -0.480. The molecule has 3 unspecified atom stereocenters. The molecule has 0 fully saturated rings. The average Bonchev–Trinajstić information content (AvgIpc) is 2.12. The van der Waals surface area contributed by atoms with Gasteiger partial charge in [0.15, 0.2) is 0 Å². The number of nitrogens with one attached hydrogen (secondary N) is 1. The fourth-order valence-electron chi connectivity index (χ4n) is 1.12. The fraction of sp³-hybridized carbons (Fsp3) is 0.818. The van der Waals surface area contributed by atoms with Crippen LogP contribution in [0.15, 0.2) is 0 Å². The molecule has 12 heavy (non-hydrogen) atoms. The molecule has 0 aliphatic carbocycles. The number of terminal acetylenes is 1. The lowest BCUT2D eigenvalue weighted by Crippen LogP contribution is -2.38. The van der Waals surface area contributed by atoms with Gasteiger partial charge >= 0.3 is 0 Å². The minimum atomic E-state index is 0.244. The molecule has 0 aromatic rings. The third kappa shape index (κ3) is 3.78. The first-order valence-corrected chi connectivity index (χ1v) is 4.87. The van der Waals surface area contributed by atoms with E-state index in [1.54, 1.807) is 0 Å². The standard InChI is InChI=1S/C11H21N/c1-6-9(4)10(5)12-11(7-2)8-3/h2,9-12H,6,8H2,1,3-5H3. The van der Waals surface area contributed by atoms with Crippen molar-refractivity contribution in [3.05, 3.63) is 0 Å². The van der Waals surface area contributed by atoms with Crippen LogP contribution in [0.3, 0.4) is 0 Å². The van der Waals surface area contributed by atoms with Crippen molar-refractivity contribution in [2.45, 2.75) is 52.6 Å². The van der Waals surface area contributed by atoms with E-state index in [1.165, 1.54) is 6.42 Å². The molecule has 0 aliphatic rings. The van der Waals surface area contributed by atoms with Crippen LogP contribution in [-0.4, -0.2) is 12.1 Å². The highest BCUT2D eigenvalue weighted by molar-refractivity contribution is 4.99. The lowest BCUT2D eigenvalue weighted by atomic mass is 10.00. The van der Waals surface area contributed by atoms with E-state index in [9.17, 15) is 0 Å². The molecule has 1 N–H and O–H groups in total. The van der Waals surface area contributed by atoms with Crippen molar-refractivity contribution in [2.24, 2.45) is 5.92 Å². The van der Waals surface area contributed by atoms with E-state index < -0.39 is 0 Å². The highest BCUT2D eigenvalue weighted by atomic mass is 14.9. The first-order chi connectivity index (χ1) is 5.65. The topological polar surface area (TPSA) is 12.0 Å². The van der Waals surface area contributed by atoms with Gasteiger partial charge in [-0.05, 0) is 19.3 Å². The summed E-state index contributed by atoms with van der Waals surface area (Å²) in [6.45, 7) is 8.77. The summed E-state index contributed by atoms with van der Waals surface area (Å²) in [5, 5.41) is 3.43. The maximum absolute atomic E-state index is 5.36. The van der Waals surface area contributed by atoms with Gasteiger partial charge in [0, 0.05) is 6.04 Å². The zero-order valence-corrected chi connectivity index (χ0v) is 8.72. The first kappa shape index (κ1) is 11.5. The number of hydrogen-bond acceptors (Lipinski definition) is 1. The van der Waals surface area contributed by atoms with Crippen molar-refractivity contribution < 1.29 is 0 Å². The van der Waals surface area contributed by atoms with Crippen LogP contribution in [0.4, 0.5) is 0 Å². The van der Waals surface area contributed by atoms with E-state index in [1.807, 2.05) is 0 Å². The Morgan fingerprint density at radius 1 is 1.25 bits per heavy atom. The molecule has 0 aromatic heterocycles. The van der Waals surface area contributed by atoms with E-state index in [2.05, 4.69) is 38.9 Å². The maximum atomic E-state index is 5.36. The summed E-state index contributed by atoms with van der Waals surface area (Å²) < 4.78 is 0. The molecule has 3 atom stereocenters. The molecule has 1 nitrogen and oxygen atoms in total. The van der Waals surface area contributed by atoms with E-state index in [-0.39, 0.29) is 6.04 Å². The number of rotatable bonds is 5. The summed E-state index contributed by atoms with van der Waals surface area (Å²) in [5.41, 5.74) is 0. The molecular formula is C11H21N. The third-order valence-electron chi connectivity index (χ3n) is 2.57. The van der Waals surface area contributed by atoms with E-state index >= 15 is 0 Å². The van der Waals surface area contributed by atoms with Gasteiger partial charge in [-0.25, -0.2) is 0 Å². The second kappa shape index (κ2) is 6.08. The maximum Gasteiger partial charge on any atom is 0.0686 e. The summed E-state index contributed by atoms with van der Waals surface area (Å²) in [4.78, 5) is 0. The summed E-state index contributed by atoms with van der Waals surface area (Å²) in [6, 6.07) is 0.769. The predicted octanol–water partition coefficient (Wildman–Crippen LogP) is 2.42. The molecule has 0 aliphatic heterocycles. The normalized spacial score (nSPS) is 17.9. The lowest BCUT2D eigenvalue weighted by Gasteiger charge is -2.23. The summed E-state index contributed by atoms with van der Waals surface area (Å²) in [6.07, 6.45) is 7.58. The quantitative estimate of drug-likeness (QED) is 0.620. The smallest absolute Gasteiger partial charge is 0.0686 e. The Labute approximate surface area is 76.9 Å². The van der Waals surface area contributed by atoms with Crippen LogP contribution in [0.2, 0.25) is 0 Å². The lowest BCUT2D eigenvalue weighted by molar-refractivity contribution is 0.370. The van der Waals surface area contributed by atoms with Crippen LogP contribution in [-0.2, 0) is 0 Å². The average molecular weight is 167 g/mol. The van der Waals surface area contributed by atoms with Gasteiger partial charge in [-0.2, -0.15) is 0 Å². The van der Waals surface area contributed by atoms with Crippen molar-refractivity contribution in [1.82, 2.24) is 5.32 Å². The van der Waals surface area contributed by atoms with Crippen LogP contribution in [0, 0.1) is 18.3 Å². The van der Waals surface area contributed by atoms with Gasteiger partial charge in [-0.1, -0.05) is 33.1 Å². The molecule has 0 rings (SSSR count). The fourth-order valence-corrected chi connectivity index (χ4v) is 1.12. The van der Waals surface area contributed by atoms with Gasteiger partial charge in [0.1, 0.15) is 0 Å². The molecule has 0 radical (unpaired) electrons. The van der Waals surface area contributed by atoms with Crippen LogP contribution in [0.25, 0.3) is 0 Å². The largest absolute Gasteiger partial charge is 0.301 e. The number of hydrogen-bond donors (Lipinski definition) is 1. The molecular weight excluding hydrogens is 146 g/mol. The molecule has 0 spiro atoms. The van der Waals surface area contributed by atoms with Gasteiger partial charge in [0.25, 0.3) is 0 Å². The SMILES string of the molecule is C#CC(CC)NC(C)C(C)CC. The highest BCUT2D eigenvalue weighted by Crippen LogP contribution is 2.07. The summed E-state index contributed by atoms with van der Waals surface area (Å²) >= 11 is 0. The van der Waals surface area contributed by atoms with Gasteiger partial charge < -0.3 is 5.32 Å². The molecule has 0 aromatic carbocycles. The van der Waals surface area contributed by atoms with Crippen LogP contribution >= 0.6 is 0 Å². The zero-order valence-electron chi connectivity index (χ0n) is 8.72. The molecule has 0 saturated carbocycles. The highest BCUT2D eigenvalue weighted by Gasteiger charge is 2.12. The molecule has 0 amide bonds. The van der Waals surface area contributed by atoms with Crippen molar-refractivity contribution in [3.8, 4) is 12.3 Å². The van der Waals surface area contributed by atoms with E-state index in [4.69, 9.17) is 6.42 Å². The third-order valence-corrected chi connectivity index (χ3v) is 2.57. The van der Waals surface area contributed by atoms with Crippen LogP contribution < -0.4 is 5.32 Å². The molecule has 70 valence electrons. The van der Waals surface area contributed by atoms with E-state index in [0.717, 1.165) is 6.42 Å².